The highest BCUT2D eigenvalue weighted by Crippen LogP contribution is 2.33. The summed E-state index contributed by atoms with van der Waals surface area (Å²) in [5, 5.41) is 2.80. The molecule has 1 N–H and O–H groups in total. The van der Waals surface area contributed by atoms with Gasteiger partial charge in [-0.2, -0.15) is 13.2 Å². The number of sulfonamides is 1. The monoisotopic (exact) mass is 603 g/mol. The molecule has 11 heteroatoms. The first-order valence-electron chi connectivity index (χ1n) is 13.6. The van der Waals surface area contributed by atoms with Gasteiger partial charge in [-0.15, -0.1) is 0 Å². The molecule has 0 aromatic heterocycles. The van der Waals surface area contributed by atoms with Crippen LogP contribution in [0, 0.1) is 12.8 Å². The SMILES string of the molecule is Cc1ccc(S(=O)(=O)N(CC(=O)N(CCc2ccccc2)C(C)C(=O)NCC(C)C)c2cccc(C(F)(F)F)c2)cc1. The van der Waals surface area contributed by atoms with Gasteiger partial charge in [0.25, 0.3) is 10.0 Å². The molecule has 0 aliphatic carbocycles. The van der Waals surface area contributed by atoms with E-state index in [1.807, 2.05) is 44.2 Å². The Morgan fingerprint density at radius 1 is 0.905 bits per heavy atom. The van der Waals surface area contributed by atoms with Crippen molar-refractivity contribution in [2.75, 3.05) is 23.9 Å². The number of alkyl halides is 3. The largest absolute Gasteiger partial charge is 0.416 e. The van der Waals surface area contributed by atoms with Crippen LogP contribution >= 0.6 is 0 Å². The number of nitrogens with one attached hydrogen (secondary N) is 1. The Bertz CT molecular complexity index is 1460. The first-order valence-corrected chi connectivity index (χ1v) is 15.0. The van der Waals surface area contributed by atoms with E-state index in [0.29, 0.717) is 23.3 Å². The van der Waals surface area contributed by atoms with Crippen molar-refractivity contribution in [1.29, 1.82) is 0 Å². The normalized spacial score (nSPS) is 12.6. The minimum Gasteiger partial charge on any atom is -0.354 e. The first kappa shape index (κ1) is 32.7. The fourth-order valence-corrected chi connectivity index (χ4v) is 5.63. The van der Waals surface area contributed by atoms with E-state index < -0.39 is 46.2 Å². The zero-order chi connectivity index (χ0) is 31.1. The standard InChI is InChI=1S/C31H36F3N3O4S/c1-22(2)20-35-30(39)24(4)36(18-17-25-9-6-5-7-10-25)29(38)21-37(27-12-8-11-26(19-27)31(32,33)34)42(40,41)28-15-13-23(3)14-16-28/h5-16,19,22,24H,17-18,20-21H2,1-4H3,(H,35,39). The van der Waals surface area contributed by atoms with Crippen LogP contribution in [-0.2, 0) is 32.2 Å². The van der Waals surface area contributed by atoms with Gasteiger partial charge in [0.15, 0.2) is 0 Å². The summed E-state index contributed by atoms with van der Waals surface area (Å²) < 4.78 is 69.1. The number of aryl methyl sites for hydroxylation is 1. The van der Waals surface area contributed by atoms with Crippen molar-refractivity contribution in [1.82, 2.24) is 10.2 Å². The van der Waals surface area contributed by atoms with Crippen LogP contribution in [0.2, 0.25) is 0 Å². The summed E-state index contributed by atoms with van der Waals surface area (Å²) in [6.07, 6.45) is -4.35. The molecular formula is C31H36F3N3O4S. The smallest absolute Gasteiger partial charge is 0.354 e. The molecule has 0 saturated heterocycles. The van der Waals surface area contributed by atoms with Crippen molar-refractivity contribution in [3.63, 3.8) is 0 Å². The lowest BCUT2D eigenvalue weighted by Gasteiger charge is -2.32. The lowest BCUT2D eigenvalue weighted by Crippen LogP contribution is -2.52. The predicted octanol–water partition coefficient (Wildman–Crippen LogP) is 5.44. The molecule has 0 saturated carbocycles. The van der Waals surface area contributed by atoms with Gasteiger partial charge in [0.2, 0.25) is 11.8 Å². The van der Waals surface area contributed by atoms with Crippen LogP contribution in [0.1, 0.15) is 37.5 Å². The Labute approximate surface area is 245 Å². The molecule has 226 valence electrons. The molecule has 0 bridgehead atoms. The van der Waals surface area contributed by atoms with Crippen LogP contribution in [0.15, 0.2) is 83.8 Å². The minimum absolute atomic E-state index is 0.0835. The second kappa shape index (κ2) is 13.9. The second-order valence-electron chi connectivity index (χ2n) is 10.5. The van der Waals surface area contributed by atoms with E-state index in [-0.39, 0.29) is 23.0 Å². The molecule has 3 aromatic rings. The molecule has 0 spiro atoms. The number of benzene rings is 3. The molecule has 3 rings (SSSR count). The van der Waals surface area contributed by atoms with E-state index >= 15 is 0 Å². The molecule has 2 amide bonds. The summed E-state index contributed by atoms with van der Waals surface area (Å²) >= 11 is 0. The van der Waals surface area contributed by atoms with Crippen molar-refractivity contribution in [3.8, 4) is 0 Å². The molecule has 42 heavy (non-hydrogen) atoms. The third kappa shape index (κ3) is 8.58. The number of halogens is 3. The fraction of sp³-hybridized carbons (Fsp3) is 0.355. The van der Waals surface area contributed by atoms with Gasteiger partial charge in [0, 0.05) is 13.1 Å². The zero-order valence-corrected chi connectivity index (χ0v) is 24.9. The van der Waals surface area contributed by atoms with Gasteiger partial charge < -0.3 is 10.2 Å². The lowest BCUT2D eigenvalue weighted by atomic mass is 10.1. The van der Waals surface area contributed by atoms with Crippen molar-refractivity contribution < 1.29 is 31.2 Å². The Hall–Kier alpha value is -3.86. The molecule has 0 aliphatic rings. The number of rotatable bonds is 12. The van der Waals surface area contributed by atoms with Gasteiger partial charge in [-0.25, -0.2) is 8.42 Å². The Morgan fingerprint density at radius 2 is 1.55 bits per heavy atom. The maximum Gasteiger partial charge on any atom is 0.416 e. The first-order chi connectivity index (χ1) is 19.7. The average molecular weight is 604 g/mol. The average Bonchev–Trinajstić information content (AvgIpc) is 2.94. The molecule has 0 fully saturated rings. The summed E-state index contributed by atoms with van der Waals surface area (Å²) in [6.45, 7) is 6.80. The fourth-order valence-electron chi connectivity index (χ4n) is 4.23. The predicted molar refractivity (Wildman–Crippen MR) is 156 cm³/mol. The van der Waals surface area contributed by atoms with E-state index in [2.05, 4.69) is 5.32 Å². The lowest BCUT2D eigenvalue weighted by molar-refractivity contribution is -0.138. The number of nitrogens with zero attached hydrogens (tertiary/aromatic N) is 2. The molecule has 3 aromatic carbocycles. The van der Waals surface area contributed by atoms with Gasteiger partial charge in [0.1, 0.15) is 12.6 Å². The van der Waals surface area contributed by atoms with E-state index in [4.69, 9.17) is 0 Å². The minimum atomic E-state index is -4.73. The zero-order valence-electron chi connectivity index (χ0n) is 24.1. The molecule has 7 nitrogen and oxygen atoms in total. The summed E-state index contributed by atoms with van der Waals surface area (Å²) in [5.41, 5.74) is 0.300. The number of carbonyl (C=O) groups excluding carboxylic acids is 2. The molecule has 1 atom stereocenters. The topological polar surface area (TPSA) is 86.8 Å². The molecule has 0 radical (unpaired) electrons. The molecule has 1 unspecified atom stereocenters. The van der Waals surface area contributed by atoms with Crippen LogP contribution in [0.3, 0.4) is 0 Å². The van der Waals surface area contributed by atoms with E-state index in [0.717, 1.165) is 23.3 Å². The third-order valence-corrected chi connectivity index (χ3v) is 8.47. The Balaban J connectivity index is 2.03. The van der Waals surface area contributed by atoms with Gasteiger partial charge >= 0.3 is 6.18 Å². The van der Waals surface area contributed by atoms with E-state index in [9.17, 15) is 31.2 Å². The van der Waals surface area contributed by atoms with Gasteiger partial charge in [0.05, 0.1) is 16.1 Å². The molecule has 0 aliphatic heterocycles. The van der Waals surface area contributed by atoms with E-state index in [1.165, 1.54) is 23.1 Å². The summed E-state index contributed by atoms with van der Waals surface area (Å²) in [5.74, 6) is -0.992. The van der Waals surface area contributed by atoms with Crippen molar-refractivity contribution in [2.24, 2.45) is 5.92 Å². The van der Waals surface area contributed by atoms with Gasteiger partial charge in [-0.3, -0.25) is 13.9 Å². The van der Waals surface area contributed by atoms with Crippen LogP contribution in [0.5, 0.6) is 0 Å². The molecule has 0 heterocycles. The van der Waals surface area contributed by atoms with E-state index in [1.54, 1.807) is 26.0 Å². The number of carbonyl (C=O) groups is 2. The molecular weight excluding hydrogens is 567 g/mol. The number of hydrogen-bond acceptors (Lipinski definition) is 4. The van der Waals surface area contributed by atoms with Gasteiger partial charge in [-0.1, -0.05) is 67.9 Å². The van der Waals surface area contributed by atoms with Crippen molar-refractivity contribution >= 4 is 27.5 Å². The highest BCUT2D eigenvalue weighted by molar-refractivity contribution is 7.92. The Morgan fingerprint density at radius 3 is 2.14 bits per heavy atom. The summed E-state index contributed by atoms with van der Waals surface area (Å²) in [6, 6.07) is 17.9. The second-order valence-corrected chi connectivity index (χ2v) is 12.4. The highest BCUT2D eigenvalue weighted by atomic mass is 32.2. The number of amides is 2. The quantitative estimate of drug-likeness (QED) is 0.299. The third-order valence-electron chi connectivity index (χ3n) is 6.69. The van der Waals surface area contributed by atoms with Crippen LogP contribution in [0.4, 0.5) is 18.9 Å². The highest BCUT2D eigenvalue weighted by Gasteiger charge is 2.35. The van der Waals surface area contributed by atoms with Crippen LogP contribution in [0.25, 0.3) is 0 Å². The summed E-state index contributed by atoms with van der Waals surface area (Å²) in [4.78, 5) is 28.0. The van der Waals surface area contributed by atoms with Crippen LogP contribution < -0.4 is 9.62 Å². The maximum atomic E-state index is 13.9. The van der Waals surface area contributed by atoms with Crippen LogP contribution in [-0.4, -0.2) is 50.8 Å². The Kier molecular flexibility index (Phi) is 10.8. The van der Waals surface area contributed by atoms with Crippen molar-refractivity contribution in [2.45, 2.75) is 51.2 Å². The number of hydrogen-bond donors (Lipinski definition) is 1. The van der Waals surface area contributed by atoms with Gasteiger partial charge in [-0.05, 0) is 62.1 Å². The maximum absolute atomic E-state index is 13.9. The number of anilines is 1. The van der Waals surface area contributed by atoms with Crippen molar-refractivity contribution in [3.05, 3.63) is 95.6 Å². The summed E-state index contributed by atoms with van der Waals surface area (Å²) in [7, 11) is -4.48.